The zero-order valence-electron chi connectivity index (χ0n) is 18.0. The zero-order chi connectivity index (χ0) is 22.0. The molecule has 162 valence electrons. The molecule has 31 heavy (non-hydrogen) atoms. The summed E-state index contributed by atoms with van der Waals surface area (Å²) in [5.41, 5.74) is 2.43. The van der Waals surface area contributed by atoms with Gasteiger partial charge in [0.05, 0.1) is 25.3 Å². The smallest absolute Gasteiger partial charge is 0.316 e. The zero-order valence-corrected chi connectivity index (χ0v) is 18.0. The number of piperazine rings is 1. The lowest BCUT2D eigenvalue weighted by Crippen LogP contribution is -2.54. The van der Waals surface area contributed by atoms with Crippen molar-refractivity contribution in [3.8, 4) is 11.9 Å². The summed E-state index contributed by atoms with van der Waals surface area (Å²) in [4.78, 5) is 28.4. The van der Waals surface area contributed by atoms with Gasteiger partial charge >= 0.3 is 6.01 Å². The van der Waals surface area contributed by atoms with Gasteiger partial charge in [-0.15, -0.1) is 0 Å². The van der Waals surface area contributed by atoms with Crippen molar-refractivity contribution in [3.63, 3.8) is 0 Å². The molecule has 0 saturated carbocycles. The average Bonchev–Trinajstić information content (AvgIpc) is 2.77. The third kappa shape index (κ3) is 4.22. The molecule has 0 bridgehead atoms. The molecular formula is C22H26N6O3. The molecule has 9 nitrogen and oxygen atoms in total. The molecule has 1 aliphatic heterocycles. The van der Waals surface area contributed by atoms with Gasteiger partial charge in [-0.25, -0.2) is 9.97 Å². The van der Waals surface area contributed by atoms with E-state index in [1.54, 1.807) is 30.6 Å². The van der Waals surface area contributed by atoms with Gasteiger partial charge in [-0.3, -0.25) is 4.79 Å². The number of amides is 1. The predicted octanol–water partition coefficient (Wildman–Crippen LogP) is 2.48. The first-order valence-corrected chi connectivity index (χ1v) is 10.1. The maximum Gasteiger partial charge on any atom is 0.316 e. The van der Waals surface area contributed by atoms with Crippen LogP contribution in [0.2, 0.25) is 0 Å². The average molecular weight is 422 g/mol. The van der Waals surface area contributed by atoms with E-state index in [4.69, 9.17) is 9.47 Å². The van der Waals surface area contributed by atoms with Crippen LogP contribution in [0.5, 0.6) is 11.9 Å². The Labute approximate surface area is 180 Å². The molecule has 1 amide bonds. The van der Waals surface area contributed by atoms with Gasteiger partial charge in [-0.2, -0.15) is 4.98 Å². The van der Waals surface area contributed by atoms with Gasteiger partial charge in [-0.05, 0) is 38.1 Å². The Hall–Kier alpha value is -3.46. The van der Waals surface area contributed by atoms with Gasteiger partial charge in [-0.1, -0.05) is 0 Å². The second kappa shape index (κ2) is 8.73. The summed E-state index contributed by atoms with van der Waals surface area (Å²) < 4.78 is 10.5. The minimum absolute atomic E-state index is 0.208. The Morgan fingerprint density at radius 1 is 1.13 bits per heavy atom. The van der Waals surface area contributed by atoms with Crippen LogP contribution >= 0.6 is 0 Å². The topological polar surface area (TPSA) is 102 Å². The molecular weight excluding hydrogens is 396 g/mol. The summed E-state index contributed by atoms with van der Waals surface area (Å²) >= 11 is 0. The monoisotopic (exact) mass is 422 g/mol. The number of hydrogen-bond acceptors (Lipinski definition) is 8. The molecule has 3 heterocycles. The van der Waals surface area contributed by atoms with Crippen LogP contribution in [0.1, 0.15) is 24.2 Å². The molecule has 3 aromatic rings. The number of hydrogen-bond donors (Lipinski definition) is 2. The summed E-state index contributed by atoms with van der Waals surface area (Å²) in [6, 6.07) is 8.12. The molecule has 9 heteroatoms. The van der Waals surface area contributed by atoms with E-state index in [-0.39, 0.29) is 11.9 Å². The Morgan fingerprint density at radius 2 is 1.90 bits per heavy atom. The standard InChI is InChI=1S/C22H26N6O3/c1-13-11-28(12-14(2)25-13)18-8-7-15(19-16(18)10-24-22(27-19)31-4)20(29)26-17-6-5-9-23-21(17)30-3/h5-10,13-14,25H,11-12H2,1-4H3,(H,26,29). The summed E-state index contributed by atoms with van der Waals surface area (Å²) in [5.74, 6) is 0.0263. The van der Waals surface area contributed by atoms with E-state index >= 15 is 0 Å². The second-order valence-corrected chi connectivity index (χ2v) is 7.64. The normalized spacial score (nSPS) is 18.6. The number of rotatable bonds is 5. The lowest BCUT2D eigenvalue weighted by Gasteiger charge is -2.38. The summed E-state index contributed by atoms with van der Waals surface area (Å²) in [5, 5.41) is 7.21. The maximum atomic E-state index is 13.2. The van der Waals surface area contributed by atoms with Crippen molar-refractivity contribution in [1.82, 2.24) is 20.3 Å². The van der Waals surface area contributed by atoms with Crippen LogP contribution in [-0.4, -0.2) is 60.3 Å². The van der Waals surface area contributed by atoms with Crippen LogP contribution in [0.15, 0.2) is 36.7 Å². The molecule has 1 aliphatic rings. The Kier molecular flexibility index (Phi) is 5.85. The highest BCUT2D eigenvalue weighted by atomic mass is 16.5. The van der Waals surface area contributed by atoms with E-state index in [9.17, 15) is 4.79 Å². The number of aromatic nitrogens is 3. The van der Waals surface area contributed by atoms with Crippen LogP contribution < -0.4 is 25.0 Å². The number of nitrogens with zero attached hydrogens (tertiary/aromatic N) is 4. The summed E-state index contributed by atoms with van der Waals surface area (Å²) in [6.07, 6.45) is 3.32. The molecule has 2 N–H and O–H groups in total. The van der Waals surface area contributed by atoms with Crippen molar-refractivity contribution in [3.05, 3.63) is 42.2 Å². The Morgan fingerprint density at radius 3 is 2.61 bits per heavy atom. The van der Waals surface area contributed by atoms with Crippen molar-refractivity contribution in [2.75, 3.05) is 37.5 Å². The number of nitrogens with one attached hydrogen (secondary N) is 2. The third-order valence-corrected chi connectivity index (χ3v) is 5.24. The molecule has 2 atom stereocenters. The molecule has 2 unspecified atom stereocenters. The van der Waals surface area contributed by atoms with E-state index < -0.39 is 0 Å². The van der Waals surface area contributed by atoms with Crippen molar-refractivity contribution in [2.24, 2.45) is 0 Å². The van der Waals surface area contributed by atoms with Crippen LogP contribution in [0, 0.1) is 0 Å². The van der Waals surface area contributed by atoms with Gasteiger partial charge in [0.15, 0.2) is 0 Å². The van der Waals surface area contributed by atoms with E-state index in [2.05, 4.69) is 44.3 Å². The summed E-state index contributed by atoms with van der Waals surface area (Å²) in [7, 11) is 3.01. The van der Waals surface area contributed by atoms with Crippen molar-refractivity contribution in [1.29, 1.82) is 0 Å². The molecule has 4 rings (SSSR count). The van der Waals surface area contributed by atoms with Gasteiger partial charge in [0.2, 0.25) is 5.88 Å². The van der Waals surface area contributed by atoms with Gasteiger partial charge in [0, 0.05) is 48.6 Å². The largest absolute Gasteiger partial charge is 0.480 e. The van der Waals surface area contributed by atoms with E-state index in [1.165, 1.54) is 14.2 Å². The number of fused-ring (bicyclic) bond motifs is 1. The predicted molar refractivity (Wildman–Crippen MR) is 119 cm³/mol. The van der Waals surface area contributed by atoms with E-state index in [0.717, 1.165) is 24.2 Å². The number of benzene rings is 1. The highest BCUT2D eigenvalue weighted by Gasteiger charge is 2.25. The lowest BCUT2D eigenvalue weighted by atomic mass is 10.0. The first kappa shape index (κ1) is 20.8. The number of anilines is 2. The SMILES string of the molecule is COc1ncc2c(N3CC(C)NC(C)C3)ccc(C(=O)Nc3cccnc3OC)c2n1. The summed E-state index contributed by atoms with van der Waals surface area (Å²) in [6.45, 7) is 6.02. The van der Waals surface area contributed by atoms with Gasteiger partial charge < -0.3 is 25.0 Å². The van der Waals surface area contributed by atoms with Crippen LogP contribution in [0.25, 0.3) is 10.9 Å². The number of pyridine rings is 1. The third-order valence-electron chi connectivity index (χ3n) is 5.24. The van der Waals surface area contributed by atoms with Crippen LogP contribution in [-0.2, 0) is 0 Å². The highest BCUT2D eigenvalue weighted by Crippen LogP contribution is 2.31. The van der Waals surface area contributed by atoms with Crippen molar-refractivity contribution >= 4 is 28.2 Å². The number of ether oxygens (including phenoxy) is 2. The van der Waals surface area contributed by atoms with Gasteiger partial charge in [0.1, 0.15) is 5.69 Å². The van der Waals surface area contributed by atoms with Crippen molar-refractivity contribution in [2.45, 2.75) is 25.9 Å². The molecule has 2 aromatic heterocycles. The minimum atomic E-state index is -0.314. The fraction of sp³-hybridized carbons (Fsp3) is 0.364. The van der Waals surface area contributed by atoms with Crippen LogP contribution in [0.3, 0.4) is 0 Å². The van der Waals surface area contributed by atoms with Gasteiger partial charge in [0.25, 0.3) is 5.91 Å². The number of carbonyl (C=O) groups is 1. The molecule has 0 aliphatic carbocycles. The number of carbonyl (C=O) groups excluding carboxylic acids is 1. The Bertz CT molecular complexity index is 1100. The van der Waals surface area contributed by atoms with E-state index in [0.29, 0.717) is 34.7 Å². The maximum absolute atomic E-state index is 13.2. The fourth-order valence-corrected chi connectivity index (χ4v) is 4.01. The van der Waals surface area contributed by atoms with Crippen molar-refractivity contribution < 1.29 is 14.3 Å². The molecule has 1 saturated heterocycles. The lowest BCUT2D eigenvalue weighted by molar-refractivity contribution is 0.102. The second-order valence-electron chi connectivity index (χ2n) is 7.64. The molecule has 0 radical (unpaired) electrons. The minimum Gasteiger partial charge on any atom is -0.480 e. The molecule has 1 fully saturated rings. The quantitative estimate of drug-likeness (QED) is 0.647. The first-order chi connectivity index (χ1) is 15.0. The van der Waals surface area contributed by atoms with Crippen LogP contribution in [0.4, 0.5) is 11.4 Å². The molecule has 0 spiro atoms. The molecule has 1 aromatic carbocycles. The Balaban J connectivity index is 1.76. The number of methoxy groups -OCH3 is 2. The highest BCUT2D eigenvalue weighted by molar-refractivity contribution is 6.14. The fourth-order valence-electron chi connectivity index (χ4n) is 4.01. The first-order valence-electron chi connectivity index (χ1n) is 10.1. The van der Waals surface area contributed by atoms with E-state index in [1.807, 2.05) is 6.07 Å².